The van der Waals surface area contributed by atoms with Gasteiger partial charge in [0.1, 0.15) is 0 Å². The molecule has 0 saturated carbocycles. The third kappa shape index (κ3) is 5.23. The molecule has 116 valence electrons. The molecule has 0 unspecified atom stereocenters. The molecule has 0 saturated heterocycles. The number of benzene rings is 1. The number of hydrogen-bond donors (Lipinski definition) is 1. The van der Waals surface area contributed by atoms with Crippen molar-refractivity contribution in [3.8, 4) is 0 Å². The van der Waals surface area contributed by atoms with Crippen LogP contribution in [0.5, 0.6) is 0 Å². The first-order chi connectivity index (χ1) is 9.85. The molecular weight excluding hydrogens is 262 g/mol. The van der Waals surface area contributed by atoms with E-state index in [9.17, 15) is 0 Å². The summed E-state index contributed by atoms with van der Waals surface area (Å²) in [4.78, 5) is 12.0. The van der Waals surface area contributed by atoms with Gasteiger partial charge in [-0.3, -0.25) is 10.3 Å². The van der Waals surface area contributed by atoms with Crippen molar-refractivity contribution >= 4 is 17.7 Å². The first kappa shape index (κ1) is 17.2. The van der Waals surface area contributed by atoms with Crippen molar-refractivity contribution in [3.63, 3.8) is 0 Å². The molecule has 1 rings (SSSR count). The molecule has 0 aliphatic carbocycles. The average molecular weight is 289 g/mol. The molecule has 0 aliphatic rings. The summed E-state index contributed by atoms with van der Waals surface area (Å²) in [5.41, 5.74) is 7.94. The summed E-state index contributed by atoms with van der Waals surface area (Å²) in [5, 5.41) is 0. The van der Waals surface area contributed by atoms with Crippen LogP contribution < -0.4 is 5.48 Å². The Labute approximate surface area is 128 Å². The molecule has 1 N–H and O–H groups in total. The summed E-state index contributed by atoms with van der Waals surface area (Å²) in [7, 11) is 2.01. The summed E-state index contributed by atoms with van der Waals surface area (Å²) in [5.74, 6) is 0. The molecule has 0 bridgehead atoms. The molecule has 0 amide bonds. The van der Waals surface area contributed by atoms with Crippen LogP contribution >= 0.6 is 0 Å². The summed E-state index contributed by atoms with van der Waals surface area (Å²) in [6, 6.07) is 4.17. The SMILES string of the molecule is C=C(NOC(C)C)c1cc(C)c(N=CN(C)CC)cc1C. The topological polar surface area (TPSA) is 36.9 Å². The van der Waals surface area contributed by atoms with Crippen molar-refractivity contribution in [2.45, 2.75) is 40.7 Å². The second-order valence-corrected chi connectivity index (χ2v) is 5.52. The Morgan fingerprint density at radius 1 is 1.38 bits per heavy atom. The Morgan fingerprint density at radius 2 is 2.05 bits per heavy atom. The summed E-state index contributed by atoms with van der Waals surface area (Å²) >= 11 is 0. The van der Waals surface area contributed by atoms with Gasteiger partial charge in [0.25, 0.3) is 0 Å². The van der Waals surface area contributed by atoms with Crippen molar-refractivity contribution in [2.75, 3.05) is 13.6 Å². The average Bonchev–Trinajstić information content (AvgIpc) is 2.44. The second-order valence-electron chi connectivity index (χ2n) is 5.52. The van der Waals surface area contributed by atoms with E-state index in [1.54, 1.807) is 0 Å². The van der Waals surface area contributed by atoms with Gasteiger partial charge in [-0.15, -0.1) is 0 Å². The van der Waals surface area contributed by atoms with Gasteiger partial charge in [-0.05, 0) is 57.9 Å². The van der Waals surface area contributed by atoms with Crippen LogP contribution in [0.15, 0.2) is 23.7 Å². The van der Waals surface area contributed by atoms with E-state index in [1.807, 2.05) is 32.1 Å². The smallest absolute Gasteiger partial charge is 0.0909 e. The predicted octanol–water partition coefficient (Wildman–Crippen LogP) is 3.82. The van der Waals surface area contributed by atoms with Gasteiger partial charge in [-0.25, -0.2) is 4.99 Å². The zero-order valence-electron chi connectivity index (χ0n) is 14.0. The fourth-order valence-electron chi connectivity index (χ4n) is 1.75. The lowest BCUT2D eigenvalue weighted by molar-refractivity contribution is 0.0275. The van der Waals surface area contributed by atoms with Crippen LogP contribution in [0.3, 0.4) is 0 Å². The number of nitrogens with zero attached hydrogens (tertiary/aromatic N) is 2. The van der Waals surface area contributed by atoms with E-state index in [0.717, 1.165) is 34.6 Å². The van der Waals surface area contributed by atoms with E-state index in [-0.39, 0.29) is 6.10 Å². The van der Waals surface area contributed by atoms with Crippen LogP contribution in [0.1, 0.15) is 37.5 Å². The van der Waals surface area contributed by atoms with Crippen LogP contribution in [0, 0.1) is 13.8 Å². The van der Waals surface area contributed by atoms with Gasteiger partial charge in [-0.1, -0.05) is 6.58 Å². The highest BCUT2D eigenvalue weighted by Crippen LogP contribution is 2.26. The quantitative estimate of drug-likeness (QED) is 0.471. The van der Waals surface area contributed by atoms with Gasteiger partial charge in [0, 0.05) is 19.2 Å². The summed E-state index contributed by atoms with van der Waals surface area (Å²) < 4.78 is 0. The fraction of sp³-hybridized carbons (Fsp3) is 0.471. The van der Waals surface area contributed by atoms with Crippen molar-refractivity contribution < 1.29 is 4.84 Å². The first-order valence-corrected chi connectivity index (χ1v) is 7.31. The van der Waals surface area contributed by atoms with Crippen molar-refractivity contribution in [1.82, 2.24) is 10.4 Å². The molecule has 0 aromatic heterocycles. The van der Waals surface area contributed by atoms with Crippen LogP contribution in [0.25, 0.3) is 5.70 Å². The van der Waals surface area contributed by atoms with E-state index >= 15 is 0 Å². The standard InChI is InChI=1S/C17H27N3O/c1-8-20(7)11-18-17-10-13(4)16(9-14(17)5)15(6)19-21-12(2)3/h9-12,19H,6,8H2,1-5,7H3. The Bertz CT molecular complexity index is 521. The zero-order chi connectivity index (χ0) is 16.0. The molecule has 4 heteroatoms. The number of hydrogen-bond acceptors (Lipinski definition) is 3. The molecule has 0 aliphatic heterocycles. The monoisotopic (exact) mass is 289 g/mol. The molecule has 0 radical (unpaired) electrons. The third-order valence-electron chi connectivity index (χ3n) is 3.18. The number of aryl methyl sites for hydroxylation is 2. The number of aliphatic imine (C=N–C) groups is 1. The maximum Gasteiger partial charge on any atom is 0.0909 e. The predicted molar refractivity (Wildman–Crippen MR) is 90.8 cm³/mol. The number of rotatable bonds is 7. The molecule has 4 nitrogen and oxygen atoms in total. The van der Waals surface area contributed by atoms with E-state index in [1.165, 1.54) is 0 Å². The minimum absolute atomic E-state index is 0.108. The van der Waals surface area contributed by atoms with E-state index < -0.39 is 0 Å². The first-order valence-electron chi connectivity index (χ1n) is 7.31. The second kappa shape index (κ2) is 7.84. The molecule has 1 aromatic rings. The van der Waals surface area contributed by atoms with Gasteiger partial charge < -0.3 is 4.90 Å². The lowest BCUT2D eigenvalue weighted by atomic mass is 10.0. The Hall–Kier alpha value is -1.81. The zero-order valence-corrected chi connectivity index (χ0v) is 14.0. The van der Waals surface area contributed by atoms with Crippen LogP contribution in [-0.4, -0.2) is 30.9 Å². The van der Waals surface area contributed by atoms with Gasteiger partial charge in [0.2, 0.25) is 0 Å². The van der Waals surface area contributed by atoms with Crippen molar-refractivity contribution in [2.24, 2.45) is 4.99 Å². The van der Waals surface area contributed by atoms with Gasteiger partial charge in [-0.2, -0.15) is 0 Å². The molecule has 0 spiro atoms. The van der Waals surface area contributed by atoms with E-state index in [4.69, 9.17) is 4.84 Å². The van der Waals surface area contributed by atoms with E-state index in [0.29, 0.717) is 0 Å². The molecule has 0 fully saturated rings. The fourth-order valence-corrected chi connectivity index (χ4v) is 1.75. The van der Waals surface area contributed by atoms with E-state index in [2.05, 4.69) is 50.0 Å². The largest absolute Gasteiger partial charge is 0.366 e. The Kier molecular flexibility index (Phi) is 6.43. The van der Waals surface area contributed by atoms with Crippen molar-refractivity contribution in [3.05, 3.63) is 35.4 Å². The maximum absolute atomic E-state index is 5.39. The minimum atomic E-state index is 0.108. The highest BCUT2D eigenvalue weighted by Gasteiger charge is 2.08. The van der Waals surface area contributed by atoms with Gasteiger partial charge >= 0.3 is 0 Å². The summed E-state index contributed by atoms with van der Waals surface area (Å²) in [6.07, 6.45) is 1.97. The molecule has 0 heterocycles. The summed E-state index contributed by atoms with van der Waals surface area (Å²) in [6.45, 7) is 15.1. The minimum Gasteiger partial charge on any atom is -0.366 e. The molecule has 1 aromatic carbocycles. The van der Waals surface area contributed by atoms with Crippen LogP contribution in [-0.2, 0) is 4.84 Å². The number of nitrogens with one attached hydrogen (secondary N) is 1. The van der Waals surface area contributed by atoms with Crippen LogP contribution in [0.2, 0.25) is 0 Å². The number of hydroxylamine groups is 1. The van der Waals surface area contributed by atoms with Gasteiger partial charge in [0.15, 0.2) is 0 Å². The Balaban J connectivity index is 2.94. The van der Waals surface area contributed by atoms with Crippen molar-refractivity contribution in [1.29, 1.82) is 0 Å². The third-order valence-corrected chi connectivity index (χ3v) is 3.18. The lowest BCUT2D eigenvalue weighted by Gasteiger charge is -2.16. The van der Waals surface area contributed by atoms with Gasteiger partial charge in [0.05, 0.1) is 23.8 Å². The normalized spacial score (nSPS) is 11.2. The van der Waals surface area contributed by atoms with Crippen LogP contribution in [0.4, 0.5) is 5.69 Å². The molecule has 0 atom stereocenters. The highest BCUT2D eigenvalue weighted by molar-refractivity contribution is 5.70. The molecule has 21 heavy (non-hydrogen) atoms. The lowest BCUT2D eigenvalue weighted by Crippen LogP contribution is -2.18. The molecular formula is C17H27N3O. The highest BCUT2D eigenvalue weighted by atomic mass is 16.7. The maximum atomic E-state index is 5.39. The Morgan fingerprint density at radius 3 is 2.62 bits per heavy atom.